The summed E-state index contributed by atoms with van der Waals surface area (Å²) in [6.45, 7) is 0. The first-order chi connectivity index (χ1) is 16.3. The molecule has 0 spiro atoms. The molecule has 0 fully saturated rings. The van der Waals surface area contributed by atoms with Crippen LogP contribution < -0.4 is 0 Å². The van der Waals surface area contributed by atoms with Crippen LogP contribution in [0.3, 0.4) is 0 Å². The molecular weight excluding hydrogens is 418 g/mol. The Morgan fingerprint density at radius 2 is 1.52 bits per heavy atom. The van der Waals surface area contributed by atoms with E-state index in [0.717, 1.165) is 10.5 Å². The molecular formula is C31H21NS. The van der Waals surface area contributed by atoms with E-state index in [1.54, 1.807) is 0 Å². The predicted molar refractivity (Wildman–Crippen MR) is 141 cm³/mol. The zero-order valence-electron chi connectivity index (χ0n) is 18.0. The number of rotatable bonds is 2. The summed E-state index contributed by atoms with van der Waals surface area (Å²) in [6, 6.07) is 30.3. The fourth-order valence-electron chi connectivity index (χ4n) is 5.15. The number of nitrogens with zero attached hydrogens (tertiary/aromatic N) is 1. The van der Waals surface area contributed by atoms with Gasteiger partial charge < -0.3 is 0 Å². The SMILES string of the molecule is C1=CC2C=Cc3ccc4nc(-c5ccccc5)sc4c3C2C=C1c1ccc2ccccc2c1. The zero-order valence-corrected chi connectivity index (χ0v) is 18.8. The van der Waals surface area contributed by atoms with Gasteiger partial charge in [0.2, 0.25) is 0 Å². The summed E-state index contributed by atoms with van der Waals surface area (Å²) in [4.78, 5) is 5.00. The molecule has 2 unspecified atom stereocenters. The molecule has 2 aliphatic rings. The van der Waals surface area contributed by atoms with Crippen molar-refractivity contribution in [3.05, 3.63) is 126 Å². The van der Waals surface area contributed by atoms with Crippen molar-refractivity contribution in [1.82, 2.24) is 4.98 Å². The van der Waals surface area contributed by atoms with Gasteiger partial charge in [-0.15, -0.1) is 11.3 Å². The first-order valence-corrected chi connectivity index (χ1v) is 12.2. The number of hydrogen-bond acceptors (Lipinski definition) is 2. The molecule has 1 aromatic heterocycles. The largest absolute Gasteiger partial charge is 0.236 e. The quantitative estimate of drug-likeness (QED) is 0.269. The molecule has 5 aromatic rings. The number of fused-ring (bicyclic) bond motifs is 6. The number of thiazole rings is 1. The molecule has 7 rings (SSSR count). The molecule has 0 saturated heterocycles. The van der Waals surface area contributed by atoms with Crippen LogP contribution in [0.2, 0.25) is 0 Å². The van der Waals surface area contributed by atoms with Crippen LogP contribution in [0.25, 0.3) is 43.2 Å². The number of hydrogen-bond donors (Lipinski definition) is 0. The van der Waals surface area contributed by atoms with Crippen molar-refractivity contribution in [1.29, 1.82) is 0 Å². The third-order valence-electron chi connectivity index (χ3n) is 6.84. The molecule has 4 aromatic carbocycles. The lowest BCUT2D eigenvalue weighted by Gasteiger charge is -2.29. The molecule has 156 valence electrons. The van der Waals surface area contributed by atoms with E-state index < -0.39 is 0 Å². The molecule has 0 radical (unpaired) electrons. The minimum atomic E-state index is 0.323. The monoisotopic (exact) mass is 439 g/mol. The van der Waals surface area contributed by atoms with Gasteiger partial charge in [0, 0.05) is 17.4 Å². The molecule has 33 heavy (non-hydrogen) atoms. The molecule has 0 N–H and O–H groups in total. The summed E-state index contributed by atoms with van der Waals surface area (Å²) in [5.74, 6) is 0.707. The van der Waals surface area contributed by atoms with Crippen molar-refractivity contribution < 1.29 is 0 Å². The number of allylic oxidation sites excluding steroid dienone is 5. The predicted octanol–water partition coefficient (Wildman–Crippen LogP) is 8.50. The van der Waals surface area contributed by atoms with Gasteiger partial charge in [0.25, 0.3) is 0 Å². The van der Waals surface area contributed by atoms with Crippen molar-refractivity contribution in [3.8, 4) is 10.6 Å². The van der Waals surface area contributed by atoms with Crippen LogP contribution in [-0.2, 0) is 0 Å². The smallest absolute Gasteiger partial charge is 0.124 e. The second-order valence-electron chi connectivity index (χ2n) is 8.81. The van der Waals surface area contributed by atoms with Crippen molar-refractivity contribution in [3.63, 3.8) is 0 Å². The van der Waals surface area contributed by atoms with Gasteiger partial charge >= 0.3 is 0 Å². The first-order valence-electron chi connectivity index (χ1n) is 11.4. The zero-order chi connectivity index (χ0) is 21.8. The van der Waals surface area contributed by atoms with Crippen LogP contribution in [0.15, 0.2) is 109 Å². The average Bonchev–Trinajstić information content (AvgIpc) is 3.33. The minimum Gasteiger partial charge on any atom is -0.236 e. The molecule has 0 aliphatic heterocycles. The van der Waals surface area contributed by atoms with Gasteiger partial charge in [0.15, 0.2) is 0 Å². The van der Waals surface area contributed by atoms with E-state index in [1.165, 1.54) is 43.3 Å². The molecule has 2 heteroatoms. The van der Waals surface area contributed by atoms with Crippen LogP contribution in [-0.4, -0.2) is 4.98 Å². The molecule has 0 amide bonds. The van der Waals surface area contributed by atoms with E-state index >= 15 is 0 Å². The molecule has 1 nitrogen and oxygen atoms in total. The number of benzene rings is 4. The van der Waals surface area contributed by atoms with Crippen LogP contribution in [0.5, 0.6) is 0 Å². The van der Waals surface area contributed by atoms with Gasteiger partial charge in [-0.1, -0.05) is 103 Å². The highest BCUT2D eigenvalue weighted by Crippen LogP contribution is 2.46. The molecule has 0 bridgehead atoms. The Morgan fingerprint density at radius 1 is 0.697 bits per heavy atom. The Labute approximate surface area is 197 Å². The van der Waals surface area contributed by atoms with E-state index in [9.17, 15) is 0 Å². The van der Waals surface area contributed by atoms with Crippen molar-refractivity contribution >= 4 is 44.0 Å². The van der Waals surface area contributed by atoms with Gasteiger partial charge in [-0.2, -0.15) is 0 Å². The van der Waals surface area contributed by atoms with Crippen LogP contribution in [0.4, 0.5) is 0 Å². The van der Waals surface area contributed by atoms with Crippen LogP contribution in [0.1, 0.15) is 22.6 Å². The summed E-state index contributed by atoms with van der Waals surface area (Å²) >= 11 is 1.82. The van der Waals surface area contributed by atoms with Gasteiger partial charge in [0.05, 0.1) is 10.2 Å². The Balaban J connectivity index is 1.37. The normalized spacial score (nSPS) is 18.8. The lowest BCUT2D eigenvalue weighted by atomic mass is 9.75. The van der Waals surface area contributed by atoms with Gasteiger partial charge in [-0.25, -0.2) is 4.98 Å². The first kappa shape index (κ1) is 18.8. The maximum atomic E-state index is 5.00. The van der Waals surface area contributed by atoms with Gasteiger partial charge in [0.1, 0.15) is 5.01 Å². The number of aromatic nitrogens is 1. The maximum Gasteiger partial charge on any atom is 0.124 e. The highest BCUT2D eigenvalue weighted by Gasteiger charge is 2.29. The van der Waals surface area contributed by atoms with Crippen molar-refractivity contribution in [2.24, 2.45) is 5.92 Å². The lowest BCUT2D eigenvalue weighted by molar-refractivity contribution is 0.700. The summed E-state index contributed by atoms with van der Waals surface area (Å²) in [5, 5.41) is 3.66. The standard InChI is InChI=1S/C31H21NS/c1-2-7-23(8-3-1)31-32-28-17-16-22-13-11-21-12-15-26(19-27(21)29(22)30(28)33-31)25-14-10-20-6-4-5-9-24(20)18-25/h1-19,21,27H. The Hall–Kier alpha value is -3.75. The Bertz CT molecular complexity index is 1620. The molecule has 1 heterocycles. The fraction of sp³-hybridized carbons (Fsp3) is 0.0645. The maximum absolute atomic E-state index is 5.00. The van der Waals surface area contributed by atoms with Gasteiger partial charge in [-0.05, 0) is 45.2 Å². The second kappa shape index (κ2) is 7.40. The van der Waals surface area contributed by atoms with E-state index in [1.807, 2.05) is 11.3 Å². The van der Waals surface area contributed by atoms with Crippen molar-refractivity contribution in [2.75, 3.05) is 0 Å². The third kappa shape index (κ3) is 3.10. The van der Waals surface area contributed by atoms with Gasteiger partial charge in [-0.3, -0.25) is 0 Å². The fourth-order valence-corrected chi connectivity index (χ4v) is 6.32. The van der Waals surface area contributed by atoms with E-state index in [2.05, 4.69) is 115 Å². The van der Waals surface area contributed by atoms with E-state index in [0.29, 0.717) is 11.8 Å². The molecule has 2 aliphatic carbocycles. The topological polar surface area (TPSA) is 12.9 Å². The highest BCUT2D eigenvalue weighted by atomic mass is 32.1. The molecule has 0 saturated carbocycles. The Morgan fingerprint density at radius 3 is 2.42 bits per heavy atom. The minimum absolute atomic E-state index is 0.323. The van der Waals surface area contributed by atoms with Crippen LogP contribution in [0, 0.1) is 5.92 Å². The summed E-state index contributed by atoms with van der Waals surface area (Å²) in [7, 11) is 0. The van der Waals surface area contributed by atoms with Crippen LogP contribution >= 0.6 is 11.3 Å². The second-order valence-corrected chi connectivity index (χ2v) is 9.81. The highest BCUT2D eigenvalue weighted by molar-refractivity contribution is 7.21. The van der Waals surface area contributed by atoms with Crippen molar-refractivity contribution in [2.45, 2.75) is 5.92 Å². The average molecular weight is 440 g/mol. The summed E-state index contributed by atoms with van der Waals surface area (Å²) < 4.78 is 1.31. The Kier molecular flexibility index (Phi) is 4.21. The summed E-state index contributed by atoms with van der Waals surface area (Å²) in [5.41, 5.74) is 7.60. The van der Waals surface area contributed by atoms with E-state index in [-0.39, 0.29) is 0 Å². The molecule has 2 atom stereocenters. The third-order valence-corrected chi connectivity index (χ3v) is 7.99. The van der Waals surface area contributed by atoms with E-state index in [4.69, 9.17) is 4.98 Å². The lowest BCUT2D eigenvalue weighted by Crippen LogP contribution is -2.14. The summed E-state index contributed by atoms with van der Waals surface area (Å²) in [6.07, 6.45) is 11.8.